The minimum Gasteiger partial charge on any atom is -0.456 e. The van der Waals surface area contributed by atoms with Crippen LogP contribution in [0.2, 0.25) is 0 Å². The summed E-state index contributed by atoms with van der Waals surface area (Å²) in [5.41, 5.74) is -2.00. The lowest BCUT2D eigenvalue weighted by Gasteiger charge is -2.36. The van der Waals surface area contributed by atoms with Gasteiger partial charge in [0, 0.05) is 47.2 Å². The third-order valence-electron chi connectivity index (χ3n) is 9.61. The summed E-state index contributed by atoms with van der Waals surface area (Å²) in [5.74, 6) is -4.08. The summed E-state index contributed by atoms with van der Waals surface area (Å²) >= 11 is 0. The molecule has 1 N–H and O–H groups in total. The Balaban J connectivity index is 1.35. The normalized spacial score (nSPS) is 17.4. The van der Waals surface area contributed by atoms with Gasteiger partial charge in [-0.1, -0.05) is 19.9 Å². The van der Waals surface area contributed by atoms with Gasteiger partial charge in [0.1, 0.15) is 29.5 Å². The van der Waals surface area contributed by atoms with E-state index in [1.54, 1.807) is 65.0 Å². The highest BCUT2D eigenvalue weighted by Crippen LogP contribution is 2.57. The molecule has 0 aromatic heterocycles. The number of hydrogen-bond acceptors (Lipinski definition) is 12. The molecule has 0 bridgehead atoms. The van der Waals surface area contributed by atoms with Crippen molar-refractivity contribution in [2.45, 2.75) is 66.9 Å². The summed E-state index contributed by atoms with van der Waals surface area (Å²) in [6, 6.07) is 13.7. The zero-order valence-electron chi connectivity index (χ0n) is 30.2. The van der Waals surface area contributed by atoms with Crippen LogP contribution in [0.25, 0.3) is 0 Å². The maximum atomic E-state index is 13.7. The van der Waals surface area contributed by atoms with Crippen LogP contribution >= 0.6 is 0 Å². The third-order valence-corrected chi connectivity index (χ3v) is 9.61. The Morgan fingerprint density at radius 2 is 1.34 bits per heavy atom. The average Bonchev–Trinajstić information content (AvgIpc) is 3.56. The standard InChI is InChI=1S/C39H38N2O12/c1-20(2)38(6,7)36(48)50-23-10-13-27-29(18-23)51-28-17-22(49-35(47)37(3,4)5)9-12-26(28)39(27)25-11-8-21(16-24(25)34(46)52-39)33(45)40-19-32(44)53-41-30(42)14-15-31(41)43/h8-13,16-18,20H,14-15,19H2,1-7H3,(H,40,45). The maximum Gasteiger partial charge on any atom is 0.352 e. The second-order valence-corrected chi connectivity index (χ2v) is 14.9. The van der Waals surface area contributed by atoms with Gasteiger partial charge in [0.25, 0.3) is 17.7 Å². The van der Waals surface area contributed by atoms with Gasteiger partial charge in [-0.3, -0.25) is 24.0 Å². The Bertz CT molecular complexity index is 2090. The molecular weight excluding hydrogens is 688 g/mol. The number of nitrogens with zero attached hydrogens (tertiary/aromatic N) is 1. The Labute approximate surface area is 304 Å². The van der Waals surface area contributed by atoms with E-state index in [1.165, 1.54) is 24.3 Å². The molecule has 0 aliphatic carbocycles. The van der Waals surface area contributed by atoms with Crippen LogP contribution in [-0.2, 0) is 39.1 Å². The second-order valence-electron chi connectivity index (χ2n) is 14.9. The lowest BCUT2D eigenvalue weighted by atomic mass is 9.77. The number of fused-ring (bicyclic) bond motifs is 6. The molecule has 1 saturated heterocycles. The van der Waals surface area contributed by atoms with Crippen LogP contribution in [0.5, 0.6) is 23.0 Å². The van der Waals surface area contributed by atoms with Gasteiger partial charge in [0.15, 0.2) is 5.60 Å². The molecule has 0 saturated carbocycles. The number of benzene rings is 3. The molecule has 14 heteroatoms. The molecule has 3 amide bonds. The van der Waals surface area contributed by atoms with E-state index < -0.39 is 64.6 Å². The molecule has 1 unspecified atom stereocenters. The second kappa shape index (κ2) is 13.2. The number of imide groups is 1. The van der Waals surface area contributed by atoms with Gasteiger partial charge in [-0.2, -0.15) is 0 Å². The number of hydroxylamine groups is 2. The molecule has 3 aliphatic rings. The predicted molar refractivity (Wildman–Crippen MR) is 184 cm³/mol. The van der Waals surface area contributed by atoms with Gasteiger partial charge in [-0.05, 0) is 76.9 Å². The van der Waals surface area contributed by atoms with Crippen LogP contribution in [0, 0.1) is 16.7 Å². The Morgan fingerprint density at radius 3 is 1.89 bits per heavy atom. The summed E-state index contributed by atoms with van der Waals surface area (Å²) in [6.07, 6.45) is -0.160. The van der Waals surface area contributed by atoms with Gasteiger partial charge in [-0.25, -0.2) is 9.59 Å². The van der Waals surface area contributed by atoms with Gasteiger partial charge in [0.2, 0.25) is 0 Å². The highest BCUT2D eigenvalue weighted by molar-refractivity contribution is 6.03. The summed E-state index contributed by atoms with van der Waals surface area (Å²) in [7, 11) is 0. The van der Waals surface area contributed by atoms with Crippen LogP contribution < -0.4 is 19.5 Å². The molecule has 1 fully saturated rings. The molecule has 0 radical (unpaired) electrons. The van der Waals surface area contributed by atoms with E-state index in [2.05, 4.69) is 5.32 Å². The topological polar surface area (TPSA) is 181 Å². The molecule has 3 aliphatic heterocycles. The van der Waals surface area contributed by atoms with E-state index in [-0.39, 0.29) is 52.9 Å². The van der Waals surface area contributed by atoms with Crippen molar-refractivity contribution < 1.29 is 57.3 Å². The molecule has 3 aromatic rings. The molecule has 1 atom stereocenters. The highest BCUT2D eigenvalue weighted by Gasteiger charge is 2.54. The first-order valence-corrected chi connectivity index (χ1v) is 17.0. The summed E-state index contributed by atoms with van der Waals surface area (Å²) in [4.78, 5) is 93.2. The quantitative estimate of drug-likeness (QED) is 0.184. The molecule has 3 aromatic carbocycles. The van der Waals surface area contributed by atoms with Crippen molar-refractivity contribution in [2.24, 2.45) is 16.7 Å². The molecule has 276 valence electrons. The average molecular weight is 727 g/mol. The van der Waals surface area contributed by atoms with Crippen molar-refractivity contribution in [3.05, 3.63) is 82.4 Å². The van der Waals surface area contributed by atoms with Crippen molar-refractivity contribution in [3.63, 3.8) is 0 Å². The fraction of sp³-hybridized carbons (Fsp3) is 0.359. The van der Waals surface area contributed by atoms with Crippen molar-refractivity contribution in [1.82, 2.24) is 10.4 Å². The predicted octanol–water partition coefficient (Wildman–Crippen LogP) is 5.13. The number of esters is 3. The van der Waals surface area contributed by atoms with E-state index in [1.807, 2.05) is 13.8 Å². The van der Waals surface area contributed by atoms with Crippen LogP contribution in [0.1, 0.15) is 98.7 Å². The smallest absolute Gasteiger partial charge is 0.352 e. The van der Waals surface area contributed by atoms with Crippen LogP contribution in [0.3, 0.4) is 0 Å². The van der Waals surface area contributed by atoms with Crippen molar-refractivity contribution in [3.8, 4) is 23.0 Å². The number of ether oxygens (including phenoxy) is 4. The van der Waals surface area contributed by atoms with E-state index in [0.29, 0.717) is 21.8 Å². The van der Waals surface area contributed by atoms with E-state index in [9.17, 15) is 33.6 Å². The van der Waals surface area contributed by atoms with E-state index >= 15 is 0 Å². The third kappa shape index (κ3) is 6.60. The molecule has 1 spiro atoms. The lowest BCUT2D eigenvalue weighted by Crippen LogP contribution is -2.37. The van der Waals surface area contributed by atoms with Gasteiger partial charge >= 0.3 is 23.9 Å². The number of rotatable bonds is 8. The van der Waals surface area contributed by atoms with Crippen molar-refractivity contribution >= 4 is 41.6 Å². The zero-order chi connectivity index (χ0) is 38.6. The molecule has 6 rings (SSSR count). The summed E-state index contributed by atoms with van der Waals surface area (Å²) in [5, 5.41) is 2.74. The maximum absolute atomic E-state index is 13.7. The number of nitrogens with one attached hydrogen (secondary N) is 1. The lowest BCUT2D eigenvalue weighted by molar-refractivity contribution is -0.196. The first-order chi connectivity index (χ1) is 24.8. The fourth-order valence-electron chi connectivity index (χ4n) is 5.74. The summed E-state index contributed by atoms with van der Waals surface area (Å²) in [6.45, 7) is 11.9. The van der Waals surface area contributed by atoms with Crippen molar-refractivity contribution in [2.75, 3.05) is 6.54 Å². The number of carbonyl (C=O) groups excluding carboxylic acids is 7. The summed E-state index contributed by atoms with van der Waals surface area (Å²) < 4.78 is 23.9. The first-order valence-electron chi connectivity index (χ1n) is 17.0. The minimum absolute atomic E-state index is 0.00542. The van der Waals surface area contributed by atoms with Crippen LogP contribution in [0.15, 0.2) is 54.6 Å². The number of amides is 3. The van der Waals surface area contributed by atoms with E-state index in [0.717, 1.165) is 0 Å². The molecule has 14 nitrogen and oxygen atoms in total. The van der Waals surface area contributed by atoms with E-state index in [4.69, 9.17) is 23.8 Å². The SMILES string of the molecule is CC(C)C(C)(C)C(=O)Oc1ccc2c(c1)Oc1cc(OC(=O)C(C)(C)C)ccc1C21OC(=O)c2cc(C(=O)NCC(=O)ON3C(=O)CCC3=O)ccc21. The van der Waals surface area contributed by atoms with Crippen molar-refractivity contribution in [1.29, 1.82) is 0 Å². The van der Waals surface area contributed by atoms with Gasteiger partial charge in [0.05, 0.1) is 16.4 Å². The minimum atomic E-state index is -1.60. The molecule has 53 heavy (non-hydrogen) atoms. The van der Waals surface area contributed by atoms with Gasteiger partial charge < -0.3 is 29.1 Å². The first kappa shape index (κ1) is 36.7. The molecular formula is C39H38N2O12. The van der Waals surface area contributed by atoms with Crippen LogP contribution in [0.4, 0.5) is 0 Å². The Morgan fingerprint density at radius 1 is 0.792 bits per heavy atom. The zero-order valence-corrected chi connectivity index (χ0v) is 30.2. The fourth-order valence-corrected chi connectivity index (χ4v) is 5.74. The largest absolute Gasteiger partial charge is 0.456 e. The van der Waals surface area contributed by atoms with Gasteiger partial charge in [-0.15, -0.1) is 5.06 Å². The molecule has 3 heterocycles. The Kier molecular flexibility index (Phi) is 9.13. The highest BCUT2D eigenvalue weighted by atomic mass is 16.7. The van der Waals surface area contributed by atoms with Crippen LogP contribution in [-0.4, -0.2) is 53.2 Å². The monoisotopic (exact) mass is 726 g/mol. The number of hydrogen-bond donors (Lipinski definition) is 1. The Hall–Kier alpha value is -6.05. The number of carbonyl (C=O) groups is 7.